The lowest BCUT2D eigenvalue weighted by Crippen LogP contribution is -2.18. The van der Waals surface area contributed by atoms with Crippen LogP contribution >= 0.6 is 0 Å². The SMILES string of the molecule is O=C(O)c1c(F)cccc1NCC1CCCCC1. The van der Waals surface area contributed by atoms with Crippen LogP contribution in [0.3, 0.4) is 0 Å². The highest BCUT2D eigenvalue weighted by Gasteiger charge is 2.17. The highest BCUT2D eigenvalue weighted by Crippen LogP contribution is 2.25. The van der Waals surface area contributed by atoms with Crippen molar-refractivity contribution in [3.05, 3.63) is 29.6 Å². The van der Waals surface area contributed by atoms with Crippen LogP contribution in [0.5, 0.6) is 0 Å². The number of nitrogens with one attached hydrogen (secondary N) is 1. The molecule has 0 aromatic heterocycles. The minimum Gasteiger partial charge on any atom is -0.478 e. The van der Waals surface area contributed by atoms with Gasteiger partial charge in [-0.1, -0.05) is 25.3 Å². The lowest BCUT2D eigenvalue weighted by Gasteiger charge is -2.22. The standard InChI is InChI=1S/C14H18FNO2/c15-11-7-4-8-12(13(11)14(17)18)16-9-10-5-2-1-3-6-10/h4,7-8,10,16H,1-3,5-6,9H2,(H,17,18). The Labute approximate surface area is 106 Å². The molecule has 1 aromatic rings. The van der Waals surface area contributed by atoms with Gasteiger partial charge in [0.25, 0.3) is 0 Å². The summed E-state index contributed by atoms with van der Waals surface area (Å²) < 4.78 is 13.4. The average Bonchev–Trinajstić information content (AvgIpc) is 2.37. The number of carbonyl (C=O) groups is 1. The Morgan fingerprint density at radius 2 is 2.06 bits per heavy atom. The molecule has 2 rings (SSSR count). The summed E-state index contributed by atoms with van der Waals surface area (Å²) in [6.07, 6.45) is 6.11. The summed E-state index contributed by atoms with van der Waals surface area (Å²) in [4.78, 5) is 11.0. The summed E-state index contributed by atoms with van der Waals surface area (Å²) in [5.41, 5.74) is 0.126. The molecule has 1 aliphatic carbocycles. The second kappa shape index (κ2) is 5.85. The number of aromatic carboxylic acids is 1. The number of benzene rings is 1. The van der Waals surface area contributed by atoms with Gasteiger partial charge in [0.1, 0.15) is 11.4 Å². The molecule has 0 heterocycles. The Balaban J connectivity index is 2.04. The molecule has 0 aliphatic heterocycles. The molecule has 0 amide bonds. The third-order valence-electron chi connectivity index (χ3n) is 3.53. The summed E-state index contributed by atoms with van der Waals surface area (Å²) in [5, 5.41) is 12.1. The number of anilines is 1. The van der Waals surface area contributed by atoms with Crippen LogP contribution < -0.4 is 5.32 Å². The summed E-state index contributed by atoms with van der Waals surface area (Å²) in [6.45, 7) is 0.726. The van der Waals surface area contributed by atoms with E-state index in [4.69, 9.17) is 5.11 Å². The van der Waals surface area contributed by atoms with E-state index in [9.17, 15) is 9.18 Å². The Morgan fingerprint density at radius 3 is 2.72 bits per heavy atom. The van der Waals surface area contributed by atoms with E-state index in [1.807, 2.05) is 0 Å². The summed E-state index contributed by atoms with van der Waals surface area (Å²) in [7, 11) is 0. The predicted octanol–water partition coefficient (Wildman–Crippen LogP) is 3.52. The van der Waals surface area contributed by atoms with Crippen molar-refractivity contribution in [2.75, 3.05) is 11.9 Å². The van der Waals surface area contributed by atoms with Gasteiger partial charge >= 0.3 is 5.97 Å². The van der Waals surface area contributed by atoms with Crippen molar-refractivity contribution in [2.45, 2.75) is 32.1 Å². The molecule has 1 aliphatic rings. The number of hydrogen-bond donors (Lipinski definition) is 2. The van der Waals surface area contributed by atoms with Crippen molar-refractivity contribution < 1.29 is 14.3 Å². The largest absolute Gasteiger partial charge is 0.478 e. The number of rotatable bonds is 4. The van der Waals surface area contributed by atoms with Gasteiger partial charge in [-0.25, -0.2) is 9.18 Å². The molecule has 0 radical (unpaired) electrons. The summed E-state index contributed by atoms with van der Waals surface area (Å²) in [5.74, 6) is -1.33. The molecule has 0 saturated heterocycles. The van der Waals surface area contributed by atoms with E-state index in [-0.39, 0.29) is 5.56 Å². The molecule has 0 spiro atoms. The van der Waals surface area contributed by atoms with Crippen molar-refractivity contribution in [1.82, 2.24) is 0 Å². The topological polar surface area (TPSA) is 49.3 Å². The first-order valence-corrected chi connectivity index (χ1v) is 6.44. The van der Waals surface area contributed by atoms with Gasteiger partial charge in [0, 0.05) is 6.54 Å². The number of carboxylic acids is 1. The van der Waals surface area contributed by atoms with Crippen LogP contribution in [0, 0.1) is 11.7 Å². The molecule has 1 fully saturated rings. The minimum absolute atomic E-state index is 0.256. The first-order valence-electron chi connectivity index (χ1n) is 6.44. The molecule has 98 valence electrons. The second-order valence-electron chi connectivity index (χ2n) is 4.85. The first kappa shape index (κ1) is 12.9. The van der Waals surface area contributed by atoms with Crippen LogP contribution in [0.15, 0.2) is 18.2 Å². The van der Waals surface area contributed by atoms with E-state index in [0.29, 0.717) is 11.6 Å². The van der Waals surface area contributed by atoms with Gasteiger partial charge in [-0.2, -0.15) is 0 Å². The van der Waals surface area contributed by atoms with E-state index in [2.05, 4.69) is 5.32 Å². The van der Waals surface area contributed by atoms with Crippen LogP contribution in [-0.2, 0) is 0 Å². The van der Waals surface area contributed by atoms with Gasteiger partial charge in [-0.3, -0.25) is 0 Å². The molecule has 4 heteroatoms. The van der Waals surface area contributed by atoms with Gasteiger partial charge in [0.2, 0.25) is 0 Å². The van der Waals surface area contributed by atoms with Crippen LogP contribution in [0.25, 0.3) is 0 Å². The number of hydrogen-bond acceptors (Lipinski definition) is 2. The second-order valence-corrected chi connectivity index (χ2v) is 4.85. The van der Waals surface area contributed by atoms with Gasteiger partial charge in [0.05, 0.1) is 5.69 Å². The van der Waals surface area contributed by atoms with Crippen LogP contribution in [-0.4, -0.2) is 17.6 Å². The van der Waals surface area contributed by atoms with E-state index in [1.165, 1.54) is 44.2 Å². The summed E-state index contributed by atoms with van der Waals surface area (Å²) in [6, 6.07) is 4.33. The maximum Gasteiger partial charge on any atom is 0.340 e. The maximum atomic E-state index is 13.4. The Hall–Kier alpha value is -1.58. The quantitative estimate of drug-likeness (QED) is 0.860. The predicted molar refractivity (Wildman–Crippen MR) is 68.4 cm³/mol. The molecule has 1 saturated carbocycles. The number of halogens is 1. The molecule has 18 heavy (non-hydrogen) atoms. The summed E-state index contributed by atoms with van der Waals surface area (Å²) >= 11 is 0. The Morgan fingerprint density at radius 1 is 1.33 bits per heavy atom. The van der Waals surface area contributed by atoms with Gasteiger partial charge in [-0.05, 0) is 30.9 Å². The average molecular weight is 251 g/mol. The third-order valence-corrected chi connectivity index (χ3v) is 3.53. The zero-order chi connectivity index (χ0) is 13.0. The first-order chi connectivity index (χ1) is 8.68. The van der Waals surface area contributed by atoms with Crippen LogP contribution in [0.1, 0.15) is 42.5 Å². The van der Waals surface area contributed by atoms with Crippen molar-refractivity contribution >= 4 is 11.7 Å². The van der Waals surface area contributed by atoms with Gasteiger partial charge in [0.15, 0.2) is 0 Å². The normalized spacial score (nSPS) is 16.5. The van der Waals surface area contributed by atoms with Crippen LogP contribution in [0.2, 0.25) is 0 Å². The lowest BCUT2D eigenvalue weighted by molar-refractivity contribution is 0.0693. The van der Waals surface area contributed by atoms with Crippen molar-refractivity contribution in [1.29, 1.82) is 0 Å². The van der Waals surface area contributed by atoms with E-state index in [1.54, 1.807) is 6.07 Å². The molecule has 0 atom stereocenters. The highest BCUT2D eigenvalue weighted by atomic mass is 19.1. The molecule has 2 N–H and O–H groups in total. The zero-order valence-corrected chi connectivity index (χ0v) is 10.3. The van der Waals surface area contributed by atoms with E-state index in [0.717, 1.165) is 6.54 Å². The molecule has 3 nitrogen and oxygen atoms in total. The zero-order valence-electron chi connectivity index (χ0n) is 10.3. The van der Waals surface area contributed by atoms with E-state index < -0.39 is 11.8 Å². The Bertz CT molecular complexity index is 428. The highest BCUT2D eigenvalue weighted by molar-refractivity contribution is 5.94. The monoisotopic (exact) mass is 251 g/mol. The van der Waals surface area contributed by atoms with Crippen molar-refractivity contribution in [3.8, 4) is 0 Å². The Kier molecular flexibility index (Phi) is 4.18. The molecular formula is C14H18FNO2. The smallest absolute Gasteiger partial charge is 0.340 e. The fourth-order valence-electron chi connectivity index (χ4n) is 2.53. The van der Waals surface area contributed by atoms with Crippen LogP contribution in [0.4, 0.5) is 10.1 Å². The maximum absolute atomic E-state index is 13.4. The van der Waals surface area contributed by atoms with Gasteiger partial charge < -0.3 is 10.4 Å². The molecule has 0 unspecified atom stereocenters. The minimum atomic E-state index is -1.22. The molecule has 1 aromatic carbocycles. The van der Waals surface area contributed by atoms with E-state index >= 15 is 0 Å². The lowest BCUT2D eigenvalue weighted by atomic mass is 9.89. The molecular weight excluding hydrogens is 233 g/mol. The van der Waals surface area contributed by atoms with Gasteiger partial charge in [-0.15, -0.1) is 0 Å². The molecule has 0 bridgehead atoms. The van der Waals surface area contributed by atoms with Crippen molar-refractivity contribution in [2.24, 2.45) is 5.92 Å². The fourth-order valence-corrected chi connectivity index (χ4v) is 2.53. The third kappa shape index (κ3) is 3.00. The van der Waals surface area contributed by atoms with Crippen molar-refractivity contribution in [3.63, 3.8) is 0 Å². The number of carboxylic acid groups (broad SMARTS) is 1. The fraction of sp³-hybridized carbons (Fsp3) is 0.500.